The number of anilines is 1. The van der Waals surface area contributed by atoms with Crippen LogP contribution in [-0.2, 0) is 7.05 Å². The van der Waals surface area contributed by atoms with Crippen LogP contribution in [0.5, 0.6) is 0 Å². The summed E-state index contributed by atoms with van der Waals surface area (Å²) in [6, 6.07) is 2.59. The van der Waals surface area contributed by atoms with Gasteiger partial charge in [0.15, 0.2) is 0 Å². The van der Waals surface area contributed by atoms with Crippen LogP contribution in [0.3, 0.4) is 0 Å². The fraction of sp³-hybridized carbons (Fsp3) is 0.462. The summed E-state index contributed by atoms with van der Waals surface area (Å²) in [6.07, 6.45) is 2.03. The van der Waals surface area contributed by atoms with Crippen LogP contribution in [0, 0.1) is 20.8 Å². The zero-order chi connectivity index (χ0) is 12.6. The van der Waals surface area contributed by atoms with Gasteiger partial charge in [-0.05, 0) is 39.3 Å². The summed E-state index contributed by atoms with van der Waals surface area (Å²) in [5.74, 6) is 0. The molecule has 0 saturated carbocycles. The van der Waals surface area contributed by atoms with E-state index >= 15 is 0 Å². The van der Waals surface area contributed by atoms with Gasteiger partial charge in [-0.15, -0.1) is 11.3 Å². The van der Waals surface area contributed by atoms with E-state index in [4.69, 9.17) is 0 Å². The largest absolute Gasteiger partial charge is 0.376 e. The Hall–Kier alpha value is -1.29. The summed E-state index contributed by atoms with van der Waals surface area (Å²) in [5, 5.41) is 7.87. The van der Waals surface area contributed by atoms with E-state index in [0.29, 0.717) is 6.04 Å². The minimum Gasteiger partial charge on any atom is -0.376 e. The third-order valence-corrected chi connectivity index (χ3v) is 3.91. The maximum absolute atomic E-state index is 4.34. The first-order valence-electron chi connectivity index (χ1n) is 5.81. The summed E-state index contributed by atoms with van der Waals surface area (Å²) < 4.78 is 1.84. The molecule has 0 radical (unpaired) electrons. The molecule has 0 fully saturated rings. The van der Waals surface area contributed by atoms with Gasteiger partial charge in [0.05, 0.1) is 11.4 Å². The molecule has 2 aromatic heterocycles. The van der Waals surface area contributed by atoms with Crippen molar-refractivity contribution in [2.45, 2.75) is 33.7 Å². The van der Waals surface area contributed by atoms with Crippen LogP contribution >= 0.6 is 11.3 Å². The second-order valence-electron chi connectivity index (χ2n) is 4.54. The van der Waals surface area contributed by atoms with E-state index < -0.39 is 0 Å². The van der Waals surface area contributed by atoms with Crippen molar-refractivity contribution in [1.82, 2.24) is 9.78 Å². The fourth-order valence-corrected chi connectivity index (χ4v) is 3.16. The molecule has 0 bridgehead atoms. The molecule has 0 aliphatic carbocycles. The van der Waals surface area contributed by atoms with Crippen LogP contribution in [0.4, 0.5) is 5.69 Å². The number of aromatic nitrogens is 2. The number of aryl methyl sites for hydroxylation is 4. The van der Waals surface area contributed by atoms with Gasteiger partial charge in [0.1, 0.15) is 0 Å². The predicted molar refractivity (Wildman–Crippen MR) is 73.8 cm³/mol. The highest BCUT2D eigenvalue weighted by Crippen LogP contribution is 2.29. The highest BCUT2D eigenvalue weighted by atomic mass is 32.1. The maximum Gasteiger partial charge on any atom is 0.0825 e. The Balaban J connectivity index is 2.19. The number of thiophene rings is 1. The van der Waals surface area contributed by atoms with Crippen LogP contribution in [0.2, 0.25) is 0 Å². The first-order valence-corrected chi connectivity index (χ1v) is 6.62. The summed E-state index contributed by atoms with van der Waals surface area (Å²) in [6.45, 7) is 8.56. The molecule has 3 nitrogen and oxygen atoms in total. The number of nitrogens with zero attached hydrogens (tertiary/aromatic N) is 2. The molecule has 1 atom stereocenters. The molecule has 1 unspecified atom stereocenters. The number of rotatable bonds is 3. The Bertz CT molecular complexity index is 525. The molecule has 0 saturated heterocycles. The van der Waals surface area contributed by atoms with Crippen molar-refractivity contribution in [3.05, 3.63) is 33.3 Å². The standard InChI is InChI=1S/C13H19N3S/c1-8-6-12(11(4)17-8)9(2)14-13-7-16(5)15-10(13)3/h6-7,9,14H,1-5H3. The molecule has 2 rings (SSSR count). The Kier molecular flexibility index (Phi) is 3.24. The molecular weight excluding hydrogens is 230 g/mol. The summed E-state index contributed by atoms with van der Waals surface area (Å²) in [5.41, 5.74) is 3.54. The second kappa shape index (κ2) is 4.53. The van der Waals surface area contributed by atoms with E-state index in [1.165, 1.54) is 15.3 Å². The van der Waals surface area contributed by atoms with E-state index in [1.807, 2.05) is 36.2 Å². The van der Waals surface area contributed by atoms with Gasteiger partial charge in [-0.3, -0.25) is 4.68 Å². The van der Waals surface area contributed by atoms with E-state index in [1.54, 1.807) is 0 Å². The third-order valence-electron chi connectivity index (χ3n) is 2.93. The first kappa shape index (κ1) is 12.2. The SMILES string of the molecule is Cc1cc(C(C)Nc2cn(C)nc2C)c(C)s1. The van der Waals surface area contributed by atoms with Gasteiger partial charge in [0.2, 0.25) is 0 Å². The molecule has 2 heterocycles. The van der Waals surface area contributed by atoms with Gasteiger partial charge in [0.25, 0.3) is 0 Å². The summed E-state index contributed by atoms with van der Waals surface area (Å²) >= 11 is 1.86. The van der Waals surface area contributed by atoms with Gasteiger partial charge < -0.3 is 5.32 Å². The maximum atomic E-state index is 4.34. The Morgan fingerprint density at radius 3 is 2.53 bits per heavy atom. The van der Waals surface area contributed by atoms with Crippen molar-refractivity contribution in [3.8, 4) is 0 Å². The van der Waals surface area contributed by atoms with E-state index in [0.717, 1.165) is 11.4 Å². The summed E-state index contributed by atoms with van der Waals surface area (Å²) in [4.78, 5) is 2.76. The lowest BCUT2D eigenvalue weighted by atomic mass is 10.1. The van der Waals surface area contributed by atoms with Gasteiger partial charge in [0, 0.05) is 29.0 Å². The van der Waals surface area contributed by atoms with E-state index in [2.05, 4.69) is 37.3 Å². The van der Waals surface area contributed by atoms with Crippen molar-refractivity contribution in [1.29, 1.82) is 0 Å². The predicted octanol–water partition coefficient (Wildman–Crippen LogP) is 3.58. The Morgan fingerprint density at radius 1 is 1.35 bits per heavy atom. The molecule has 1 N–H and O–H groups in total. The molecule has 0 aliphatic rings. The van der Waals surface area contributed by atoms with Crippen LogP contribution in [0.15, 0.2) is 12.3 Å². The van der Waals surface area contributed by atoms with Crippen molar-refractivity contribution < 1.29 is 0 Å². The molecule has 4 heteroatoms. The van der Waals surface area contributed by atoms with Gasteiger partial charge in [-0.2, -0.15) is 5.10 Å². The molecule has 0 aliphatic heterocycles. The fourth-order valence-electron chi connectivity index (χ4n) is 2.13. The number of hydrogen-bond acceptors (Lipinski definition) is 3. The van der Waals surface area contributed by atoms with Crippen LogP contribution < -0.4 is 5.32 Å². The average molecular weight is 249 g/mol. The van der Waals surface area contributed by atoms with Crippen LogP contribution in [-0.4, -0.2) is 9.78 Å². The van der Waals surface area contributed by atoms with Gasteiger partial charge in [-0.1, -0.05) is 0 Å². The van der Waals surface area contributed by atoms with Crippen molar-refractivity contribution in [2.24, 2.45) is 7.05 Å². The molecule has 2 aromatic rings. The van der Waals surface area contributed by atoms with Crippen LogP contribution in [0.1, 0.15) is 34.0 Å². The topological polar surface area (TPSA) is 29.9 Å². The average Bonchev–Trinajstić information content (AvgIpc) is 2.70. The first-order chi connectivity index (χ1) is 7.97. The van der Waals surface area contributed by atoms with Gasteiger partial charge >= 0.3 is 0 Å². The smallest absolute Gasteiger partial charge is 0.0825 e. The zero-order valence-electron chi connectivity index (χ0n) is 11.0. The molecule has 0 amide bonds. The molecule has 0 spiro atoms. The van der Waals surface area contributed by atoms with Crippen LogP contribution in [0.25, 0.3) is 0 Å². The number of hydrogen-bond donors (Lipinski definition) is 1. The van der Waals surface area contributed by atoms with E-state index in [9.17, 15) is 0 Å². The van der Waals surface area contributed by atoms with E-state index in [-0.39, 0.29) is 0 Å². The molecule has 17 heavy (non-hydrogen) atoms. The van der Waals surface area contributed by atoms with Crippen molar-refractivity contribution in [2.75, 3.05) is 5.32 Å². The van der Waals surface area contributed by atoms with Crippen molar-refractivity contribution in [3.63, 3.8) is 0 Å². The Morgan fingerprint density at radius 2 is 2.06 bits per heavy atom. The monoisotopic (exact) mass is 249 g/mol. The Labute approximate surface area is 106 Å². The lowest BCUT2D eigenvalue weighted by Crippen LogP contribution is -2.06. The molecular formula is C13H19N3S. The van der Waals surface area contributed by atoms with Gasteiger partial charge in [-0.25, -0.2) is 0 Å². The zero-order valence-corrected chi connectivity index (χ0v) is 11.9. The minimum absolute atomic E-state index is 0.322. The number of nitrogens with one attached hydrogen (secondary N) is 1. The summed E-state index contributed by atoms with van der Waals surface area (Å²) in [7, 11) is 1.95. The minimum atomic E-state index is 0.322. The quantitative estimate of drug-likeness (QED) is 0.901. The lowest BCUT2D eigenvalue weighted by Gasteiger charge is -2.14. The van der Waals surface area contributed by atoms with Crippen molar-refractivity contribution >= 4 is 17.0 Å². The lowest BCUT2D eigenvalue weighted by molar-refractivity contribution is 0.756. The third kappa shape index (κ3) is 2.52. The highest BCUT2D eigenvalue weighted by Gasteiger charge is 2.13. The normalized spacial score (nSPS) is 12.8. The molecule has 92 valence electrons. The molecule has 0 aromatic carbocycles. The second-order valence-corrected chi connectivity index (χ2v) is 6.00. The highest BCUT2D eigenvalue weighted by molar-refractivity contribution is 7.12.